The molecule has 0 amide bonds. The summed E-state index contributed by atoms with van der Waals surface area (Å²) < 4.78 is 24.1. The first-order valence-electron chi connectivity index (χ1n) is 3.02. The van der Waals surface area contributed by atoms with Gasteiger partial charge in [-0.1, -0.05) is 11.6 Å². The topological polar surface area (TPSA) is 64.9 Å². The van der Waals surface area contributed by atoms with E-state index in [9.17, 15) is 8.78 Å². The summed E-state index contributed by atoms with van der Waals surface area (Å²) in [6, 6.07) is 0.998. The Morgan fingerprint density at radius 1 is 1.42 bits per heavy atom. The second-order valence-corrected chi connectivity index (χ2v) is 2.54. The molecule has 0 saturated heterocycles. The normalized spacial score (nSPS) is 10.7. The second-order valence-electron chi connectivity index (χ2n) is 2.13. The van der Waals surface area contributed by atoms with Gasteiger partial charge in [0.15, 0.2) is 0 Å². The zero-order chi connectivity index (χ0) is 9.30. The van der Waals surface area contributed by atoms with Crippen molar-refractivity contribution in [3.05, 3.63) is 16.8 Å². The van der Waals surface area contributed by atoms with Crippen molar-refractivity contribution in [2.24, 2.45) is 0 Å². The van der Waals surface area contributed by atoms with Crippen LogP contribution in [0, 0.1) is 0 Å². The van der Waals surface area contributed by atoms with Gasteiger partial charge in [0.25, 0.3) is 6.43 Å². The number of hydrogen-bond donors (Lipinski definition) is 2. The lowest BCUT2D eigenvalue weighted by atomic mass is 10.3. The van der Waals surface area contributed by atoms with E-state index in [0.717, 1.165) is 6.07 Å². The van der Waals surface area contributed by atoms with Crippen LogP contribution < -0.4 is 11.5 Å². The van der Waals surface area contributed by atoms with Gasteiger partial charge >= 0.3 is 0 Å². The van der Waals surface area contributed by atoms with Gasteiger partial charge in [0.1, 0.15) is 11.5 Å². The fraction of sp³-hybridized carbons (Fsp3) is 0.167. The van der Waals surface area contributed by atoms with E-state index in [2.05, 4.69) is 4.98 Å². The van der Waals surface area contributed by atoms with E-state index in [4.69, 9.17) is 23.1 Å². The van der Waals surface area contributed by atoms with Crippen molar-refractivity contribution in [1.82, 2.24) is 4.98 Å². The zero-order valence-corrected chi connectivity index (χ0v) is 6.65. The molecule has 0 aromatic carbocycles. The summed E-state index contributed by atoms with van der Waals surface area (Å²) in [5, 5.41) is -0.00204. The molecule has 0 aliphatic heterocycles. The smallest absolute Gasteiger partial charge is 0.280 e. The first-order valence-corrected chi connectivity index (χ1v) is 3.39. The molecule has 0 spiro atoms. The minimum absolute atomic E-state index is 0.00204. The van der Waals surface area contributed by atoms with E-state index < -0.39 is 12.1 Å². The molecule has 1 rings (SSSR count). The standard InChI is InChI=1S/C6H6ClF2N3/c7-2-1-3(5(8)9)12-6(11)4(2)10/h1,5H,10H2,(H2,11,12). The number of halogens is 3. The molecule has 6 heteroatoms. The maximum Gasteiger partial charge on any atom is 0.280 e. The summed E-state index contributed by atoms with van der Waals surface area (Å²) in [4.78, 5) is 3.35. The average Bonchev–Trinajstić information content (AvgIpc) is 1.99. The van der Waals surface area contributed by atoms with Crippen LogP contribution in [0.3, 0.4) is 0 Å². The molecule has 3 nitrogen and oxygen atoms in total. The molecule has 0 aliphatic carbocycles. The molecule has 0 unspecified atom stereocenters. The van der Waals surface area contributed by atoms with Gasteiger partial charge < -0.3 is 11.5 Å². The minimum atomic E-state index is -2.69. The highest BCUT2D eigenvalue weighted by Crippen LogP contribution is 2.28. The van der Waals surface area contributed by atoms with Gasteiger partial charge in [0.05, 0.1) is 10.7 Å². The lowest BCUT2D eigenvalue weighted by Crippen LogP contribution is -2.02. The summed E-state index contributed by atoms with van der Waals surface area (Å²) in [6.07, 6.45) is -2.69. The van der Waals surface area contributed by atoms with Gasteiger partial charge in [0.2, 0.25) is 0 Å². The molecule has 12 heavy (non-hydrogen) atoms. The monoisotopic (exact) mass is 193 g/mol. The van der Waals surface area contributed by atoms with E-state index >= 15 is 0 Å². The van der Waals surface area contributed by atoms with Crippen LogP contribution in [0.15, 0.2) is 6.07 Å². The molecular formula is C6H6ClF2N3. The Balaban J connectivity index is 3.21. The van der Waals surface area contributed by atoms with E-state index in [0.29, 0.717) is 0 Å². The summed E-state index contributed by atoms with van der Waals surface area (Å²) in [5.74, 6) is -0.169. The third kappa shape index (κ3) is 1.55. The van der Waals surface area contributed by atoms with Gasteiger partial charge in [-0.25, -0.2) is 13.8 Å². The van der Waals surface area contributed by atoms with Crippen LogP contribution in [0.1, 0.15) is 12.1 Å². The van der Waals surface area contributed by atoms with Crippen LogP contribution >= 0.6 is 11.6 Å². The Bertz CT molecular complexity index is 280. The summed E-state index contributed by atoms with van der Waals surface area (Å²) in [6.45, 7) is 0. The number of pyridine rings is 1. The molecular weight excluding hydrogens is 188 g/mol. The molecule has 0 fully saturated rings. The third-order valence-corrected chi connectivity index (χ3v) is 1.59. The number of nitrogen functional groups attached to an aromatic ring is 2. The largest absolute Gasteiger partial charge is 0.395 e. The van der Waals surface area contributed by atoms with Crippen molar-refractivity contribution in [3.8, 4) is 0 Å². The highest BCUT2D eigenvalue weighted by molar-refractivity contribution is 6.33. The van der Waals surface area contributed by atoms with Crippen molar-refractivity contribution in [1.29, 1.82) is 0 Å². The maximum absolute atomic E-state index is 12.0. The third-order valence-electron chi connectivity index (χ3n) is 1.28. The Morgan fingerprint density at radius 3 is 2.42 bits per heavy atom. The van der Waals surface area contributed by atoms with Crippen LogP contribution in [-0.2, 0) is 0 Å². The number of nitrogens with zero attached hydrogens (tertiary/aromatic N) is 1. The van der Waals surface area contributed by atoms with Gasteiger partial charge in [-0.15, -0.1) is 0 Å². The molecule has 0 atom stereocenters. The highest BCUT2D eigenvalue weighted by atomic mass is 35.5. The number of hydrogen-bond acceptors (Lipinski definition) is 3. The molecule has 1 aromatic heterocycles. The molecule has 1 aromatic rings. The van der Waals surface area contributed by atoms with E-state index in [-0.39, 0.29) is 16.5 Å². The van der Waals surface area contributed by atoms with Gasteiger partial charge in [-0.3, -0.25) is 0 Å². The summed E-state index contributed by atoms with van der Waals surface area (Å²) in [7, 11) is 0. The molecule has 66 valence electrons. The lowest BCUT2D eigenvalue weighted by molar-refractivity contribution is 0.146. The van der Waals surface area contributed by atoms with Gasteiger partial charge in [0, 0.05) is 0 Å². The molecule has 1 heterocycles. The maximum atomic E-state index is 12.0. The molecule has 0 bridgehead atoms. The fourth-order valence-electron chi connectivity index (χ4n) is 0.673. The van der Waals surface area contributed by atoms with Crippen LogP contribution in [0.4, 0.5) is 20.3 Å². The van der Waals surface area contributed by atoms with Crippen LogP contribution in [-0.4, -0.2) is 4.98 Å². The molecule has 0 radical (unpaired) electrons. The first kappa shape index (κ1) is 8.99. The molecule has 0 saturated carbocycles. The van der Waals surface area contributed by atoms with E-state index in [1.165, 1.54) is 0 Å². The van der Waals surface area contributed by atoms with Crippen molar-refractivity contribution in [2.45, 2.75) is 6.43 Å². The minimum Gasteiger partial charge on any atom is -0.395 e. The predicted molar refractivity (Wildman–Crippen MR) is 43.0 cm³/mol. The Morgan fingerprint density at radius 2 is 2.00 bits per heavy atom. The Labute approximate surface area is 72.3 Å². The molecule has 4 N–H and O–H groups in total. The lowest BCUT2D eigenvalue weighted by Gasteiger charge is -2.04. The first-order chi connectivity index (χ1) is 5.52. The molecule has 0 aliphatic rings. The average molecular weight is 194 g/mol. The number of aromatic nitrogens is 1. The Kier molecular flexibility index (Phi) is 2.32. The number of anilines is 2. The quantitative estimate of drug-likeness (QED) is 0.715. The summed E-state index contributed by atoms with van der Waals surface area (Å²) >= 11 is 5.48. The van der Waals surface area contributed by atoms with Gasteiger partial charge in [-0.05, 0) is 6.07 Å². The zero-order valence-electron chi connectivity index (χ0n) is 5.89. The van der Waals surface area contributed by atoms with E-state index in [1.807, 2.05) is 0 Å². The van der Waals surface area contributed by atoms with Crippen molar-refractivity contribution < 1.29 is 8.78 Å². The second kappa shape index (κ2) is 3.10. The van der Waals surface area contributed by atoms with Crippen molar-refractivity contribution >= 4 is 23.1 Å². The number of rotatable bonds is 1. The van der Waals surface area contributed by atoms with Crippen molar-refractivity contribution in [2.75, 3.05) is 11.5 Å². The van der Waals surface area contributed by atoms with Gasteiger partial charge in [-0.2, -0.15) is 0 Å². The predicted octanol–water partition coefficient (Wildman–Crippen LogP) is 1.84. The van der Waals surface area contributed by atoms with Crippen LogP contribution in [0.25, 0.3) is 0 Å². The van der Waals surface area contributed by atoms with E-state index in [1.54, 1.807) is 0 Å². The number of alkyl halides is 2. The highest BCUT2D eigenvalue weighted by Gasteiger charge is 2.12. The summed E-state index contributed by atoms with van der Waals surface area (Å²) in [5.41, 5.74) is 10.1. The fourth-order valence-corrected chi connectivity index (χ4v) is 0.882. The van der Waals surface area contributed by atoms with Crippen LogP contribution in [0.2, 0.25) is 5.02 Å². The SMILES string of the molecule is Nc1nc(C(F)F)cc(Cl)c1N. The van der Waals surface area contributed by atoms with Crippen LogP contribution in [0.5, 0.6) is 0 Å². The Hall–Kier alpha value is -1.10. The van der Waals surface area contributed by atoms with Crippen molar-refractivity contribution in [3.63, 3.8) is 0 Å². The number of nitrogens with two attached hydrogens (primary N) is 2.